The van der Waals surface area contributed by atoms with Crippen LogP contribution in [0.5, 0.6) is 0 Å². The summed E-state index contributed by atoms with van der Waals surface area (Å²) in [4.78, 5) is 39.3. The summed E-state index contributed by atoms with van der Waals surface area (Å²) in [6.45, 7) is 3.12. The van der Waals surface area contributed by atoms with Gasteiger partial charge >= 0.3 is 5.97 Å². The Labute approximate surface area is 178 Å². The van der Waals surface area contributed by atoms with Crippen LogP contribution in [0, 0.1) is 17.8 Å². The number of hydrogen-bond donors (Lipinski definition) is 2. The molecule has 30 heavy (non-hydrogen) atoms. The second kappa shape index (κ2) is 8.17. The number of nitrogens with two attached hydrogens (primary N) is 2. The molecule has 6 atom stereocenters. The quantitative estimate of drug-likeness (QED) is 0.287. The van der Waals surface area contributed by atoms with Gasteiger partial charge in [0, 0.05) is 24.7 Å². The lowest BCUT2D eigenvalue weighted by Crippen LogP contribution is -2.94. The predicted octanol–water partition coefficient (Wildman–Crippen LogP) is 1.00. The van der Waals surface area contributed by atoms with Gasteiger partial charge < -0.3 is 14.8 Å². The first-order valence-corrected chi connectivity index (χ1v) is 11.5. The van der Waals surface area contributed by atoms with E-state index in [4.69, 9.17) is 15.2 Å². The minimum atomic E-state index is -1.72. The van der Waals surface area contributed by atoms with Crippen LogP contribution in [0.25, 0.3) is 0 Å². The maximum absolute atomic E-state index is 13.4. The Morgan fingerprint density at radius 1 is 1.23 bits per heavy atom. The van der Waals surface area contributed by atoms with Gasteiger partial charge in [-0.25, -0.2) is 4.79 Å². The van der Waals surface area contributed by atoms with E-state index in [2.05, 4.69) is 5.32 Å². The summed E-state index contributed by atoms with van der Waals surface area (Å²) < 4.78 is 10.8. The molecule has 166 valence electrons. The second-order valence-electron chi connectivity index (χ2n) is 9.70. The van der Waals surface area contributed by atoms with Crippen molar-refractivity contribution in [1.29, 1.82) is 0 Å². The Kier molecular flexibility index (Phi) is 5.90. The van der Waals surface area contributed by atoms with Crippen molar-refractivity contribution < 1.29 is 29.2 Å². The number of allylic oxidation sites excluding steroid dienone is 1. The zero-order chi connectivity index (χ0) is 21.5. The molecule has 2 aliphatic carbocycles. The number of Topliss-reactive ketones (excluding diaryl/α,β-unsaturated/α-hetero) is 2. The van der Waals surface area contributed by atoms with Crippen molar-refractivity contribution in [2.45, 2.75) is 82.1 Å². The van der Waals surface area contributed by atoms with E-state index in [1.165, 1.54) is 13.5 Å². The minimum absolute atomic E-state index is 0.0740. The first kappa shape index (κ1) is 21.7. The lowest BCUT2D eigenvalue weighted by Gasteiger charge is -2.36. The van der Waals surface area contributed by atoms with E-state index in [9.17, 15) is 14.4 Å². The lowest BCUT2D eigenvalue weighted by molar-refractivity contribution is -0.699. The number of piperidine rings is 1. The molecule has 2 aliphatic heterocycles. The van der Waals surface area contributed by atoms with Crippen molar-refractivity contribution in [3.63, 3.8) is 0 Å². The van der Waals surface area contributed by atoms with Crippen LogP contribution in [0.4, 0.5) is 0 Å². The number of methoxy groups -OCH3 is 1. The number of carbonyl (C=O) groups excluding carboxylic acids is 3. The summed E-state index contributed by atoms with van der Waals surface area (Å²) in [7, 11) is 1.25. The molecule has 0 spiro atoms. The van der Waals surface area contributed by atoms with Crippen molar-refractivity contribution in [1.82, 2.24) is 0 Å². The van der Waals surface area contributed by atoms with Crippen LogP contribution in [0.2, 0.25) is 0 Å². The molecule has 0 radical (unpaired) electrons. The fourth-order valence-electron chi connectivity index (χ4n) is 6.02. The largest absolute Gasteiger partial charge is 0.466 e. The highest BCUT2D eigenvalue weighted by Crippen LogP contribution is 2.61. The van der Waals surface area contributed by atoms with Crippen molar-refractivity contribution in [3.8, 4) is 0 Å². The Morgan fingerprint density at radius 3 is 2.60 bits per heavy atom. The Balaban J connectivity index is 1.48. The van der Waals surface area contributed by atoms with Crippen LogP contribution in [0.1, 0.15) is 64.7 Å². The molecule has 4 N–H and O–H groups in total. The SMILES string of the molecule is COC(=O)[C@]12O[C@@]1(CC=C(C)CCC1CC[NH2+]C(N)C1)C(=O)C1CCCCC1C2=O. The van der Waals surface area contributed by atoms with Crippen molar-refractivity contribution in [2.24, 2.45) is 23.5 Å². The Bertz CT molecular complexity index is 765. The standard InChI is InChI=1S/C23H34N2O5/c1-14(7-8-15-10-12-25-18(24)13-15)9-11-22-19(26)16-5-3-4-6-17(16)20(27)23(22,30-22)21(28)29-2/h9,15-18,25H,3-8,10-13,24H2,1-2H3/p+1/t15?,16?,17?,18?,22-,23-/m0/s1. The van der Waals surface area contributed by atoms with Crippen LogP contribution in [-0.2, 0) is 23.9 Å². The van der Waals surface area contributed by atoms with Gasteiger partial charge in [-0.3, -0.25) is 15.3 Å². The molecule has 0 bridgehead atoms. The highest BCUT2D eigenvalue weighted by atomic mass is 16.7. The van der Waals surface area contributed by atoms with Gasteiger partial charge in [0.1, 0.15) is 6.17 Å². The molecular weight excluding hydrogens is 384 g/mol. The average Bonchev–Trinajstić information content (AvgIpc) is 3.46. The third kappa shape index (κ3) is 3.35. The number of quaternary nitrogens is 1. The van der Waals surface area contributed by atoms with Gasteiger partial charge in [-0.05, 0) is 44.9 Å². The van der Waals surface area contributed by atoms with Gasteiger partial charge in [-0.15, -0.1) is 0 Å². The molecule has 7 nitrogen and oxygen atoms in total. The number of rotatable bonds is 6. The Hall–Kier alpha value is -1.57. The summed E-state index contributed by atoms with van der Waals surface area (Å²) >= 11 is 0. The van der Waals surface area contributed by atoms with Crippen LogP contribution in [-0.4, -0.2) is 48.6 Å². The summed E-state index contributed by atoms with van der Waals surface area (Å²) in [6, 6.07) is 0. The first-order chi connectivity index (χ1) is 14.4. The zero-order valence-corrected chi connectivity index (χ0v) is 18.2. The third-order valence-corrected chi connectivity index (χ3v) is 7.85. The maximum atomic E-state index is 13.4. The third-order valence-electron chi connectivity index (χ3n) is 7.85. The molecule has 0 aromatic heterocycles. The molecule has 0 aromatic rings. The first-order valence-electron chi connectivity index (χ1n) is 11.5. The van der Waals surface area contributed by atoms with Gasteiger partial charge in [-0.1, -0.05) is 24.5 Å². The highest BCUT2D eigenvalue weighted by molar-refractivity contribution is 6.23. The average molecular weight is 420 g/mol. The second-order valence-corrected chi connectivity index (χ2v) is 9.70. The van der Waals surface area contributed by atoms with Crippen LogP contribution in [0.3, 0.4) is 0 Å². The van der Waals surface area contributed by atoms with Crippen LogP contribution < -0.4 is 11.1 Å². The number of epoxide rings is 1. The molecule has 4 rings (SSSR count). The van der Waals surface area contributed by atoms with Gasteiger partial charge in [0.15, 0.2) is 17.2 Å². The molecule has 0 aromatic carbocycles. The molecule has 4 unspecified atom stereocenters. The molecular formula is C23H35N2O5+. The number of fused-ring (bicyclic) bond motifs is 2. The molecule has 2 saturated carbocycles. The maximum Gasteiger partial charge on any atom is 0.349 e. The van der Waals surface area contributed by atoms with Gasteiger partial charge in [0.05, 0.1) is 13.7 Å². The number of carbonyl (C=O) groups is 3. The van der Waals surface area contributed by atoms with Crippen molar-refractivity contribution in [3.05, 3.63) is 11.6 Å². The fourth-order valence-corrected chi connectivity index (χ4v) is 6.02. The van der Waals surface area contributed by atoms with E-state index < -0.39 is 23.1 Å². The molecule has 0 amide bonds. The summed E-state index contributed by atoms with van der Waals surface area (Å²) in [5, 5.41) is 2.19. The lowest BCUT2D eigenvalue weighted by atomic mass is 9.61. The monoisotopic (exact) mass is 419 g/mol. The van der Waals surface area contributed by atoms with Gasteiger partial charge in [0.2, 0.25) is 0 Å². The van der Waals surface area contributed by atoms with E-state index in [0.717, 1.165) is 44.2 Å². The molecule has 7 heteroatoms. The summed E-state index contributed by atoms with van der Waals surface area (Å²) in [5.41, 5.74) is 4.12. The predicted molar refractivity (Wildman–Crippen MR) is 109 cm³/mol. The summed E-state index contributed by atoms with van der Waals surface area (Å²) in [5.74, 6) is -1.13. The molecule has 4 aliphatic rings. The minimum Gasteiger partial charge on any atom is -0.466 e. The summed E-state index contributed by atoms with van der Waals surface area (Å²) in [6.07, 6.45) is 9.86. The van der Waals surface area contributed by atoms with E-state index in [-0.39, 0.29) is 30.1 Å². The van der Waals surface area contributed by atoms with E-state index in [0.29, 0.717) is 18.8 Å². The molecule has 2 heterocycles. The number of hydrogen-bond acceptors (Lipinski definition) is 6. The van der Waals surface area contributed by atoms with E-state index in [1.807, 2.05) is 13.0 Å². The number of esters is 1. The fraction of sp³-hybridized carbons (Fsp3) is 0.783. The smallest absolute Gasteiger partial charge is 0.349 e. The molecule has 2 saturated heterocycles. The van der Waals surface area contributed by atoms with Crippen LogP contribution in [0.15, 0.2) is 11.6 Å². The van der Waals surface area contributed by atoms with Gasteiger partial charge in [0.25, 0.3) is 5.60 Å². The van der Waals surface area contributed by atoms with E-state index in [1.54, 1.807) is 0 Å². The highest BCUT2D eigenvalue weighted by Gasteiger charge is 2.86. The van der Waals surface area contributed by atoms with Gasteiger partial charge in [-0.2, -0.15) is 0 Å². The molecule has 4 fully saturated rings. The van der Waals surface area contributed by atoms with Crippen molar-refractivity contribution in [2.75, 3.05) is 13.7 Å². The number of ketones is 2. The topological polar surface area (TPSA) is 116 Å². The van der Waals surface area contributed by atoms with E-state index >= 15 is 0 Å². The Morgan fingerprint density at radius 2 is 1.93 bits per heavy atom. The normalized spacial score (nSPS) is 41.1. The number of ether oxygens (including phenoxy) is 2. The zero-order valence-electron chi connectivity index (χ0n) is 18.2. The van der Waals surface area contributed by atoms with Crippen LogP contribution >= 0.6 is 0 Å². The van der Waals surface area contributed by atoms with Crippen molar-refractivity contribution >= 4 is 17.5 Å².